The van der Waals surface area contributed by atoms with Crippen LogP contribution < -0.4 is 10.1 Å². The van der Waals surface area contributed by atoms with Gasteiger partial charge in [0.2, 0.25) is 17.7 Å². The minimum absolute atomic E-state index is 0.118. The molecule has 2 aliphatic carbocycles. The van der Waals surface area contributed by atoms with Gasteiger partial charge in [-0.3, -0.25) is 24.6 Å². The zero-order chi connectivity index (χ0) is 26.0. The van der Waals surface area contributed by atoms with Crippen LogP contribution in [0, 0.1) is 0 Å². The van der Waals surface area contributed by atoms with Gasteiger partial charge in [0.15, 0.2) is 0 Å². The van der Waals surface area contributed by atoms with Crippen LogP contribution in [0.5, 0.6) is 5.75 Å². The number of nitrogens with one attached hydrogen (secondary N) is 1. The summed E-state index contributed by atoms with van der Waals surface area (Å²) in [4.78, 5) is 40.6. The highest BCUT2D eigenvalue weighted by Gasteiger charge is 2.40. The lowest BCUT2D eigenvalue weighted by Crippen LogP contribution is -2.53. The number of fused-ring (bicyclic) bond motifs is 1. The SMILES string of the molecule is FC1(F)CCCCC1.O=C1CCC(N2Cc3cc(OC4CCCCC4N4CCC4)ccc3C2=O)C(=O)N1. The number of likely N-dealkylation sites (tertiary alicyclic amines) is 1. The van der Waals surface area contributed by atoms with Crippen LogP contribution in [0.1, 0.15) is 93.0 Å². The van der Waals surface area contributed by atoms with Gasteiger partial charge in [-0.25, -0.2) is 8.78 Å². The van der Waals surface area contributed by atoms with E-state index in [1.165, 1.54) is 38.8 Å². The van der Waals surface area contributed by atoms with Crippen molar-refractivity contribution in [3.63, 3.8) is 0 Å². The van der Waals surface area contributed by atoms with Gasteiger partial charge in [0.1, 0.15) is 17.9 Å². The molecule has 3 amide bonds. The van der Waals surface area contributed by atoms with Crippen molar-refractivity contribution >= 4 is 17.7 Å². The summed E-state index contributed by atoms with van der Waals surface area (Å²) in [7, 11) is 0. The Bertz CT molecular complexity index is 1020. The first-order chi connectivity index (χ1) is 17.8. The lowest BCUT2D eigenvalue weighted by molar-refractivity contribution is -0.136. The number of hydrogen-bond donors (Lipinski definition) is 1. The molecule has 2 saturated heterocycles. The number of carbonyl (C=O) groups is 3. The standard InChI is InChI=1S/C22H27N3O4.C6H10F2/c26-20-9-8-18(21(27)23-20)25-13-14-12-15(6-7-16(14)22(25)28)29-19-5-2-1-4-17(19)24-10-3-11-24;7-6(8)4-2-1-3-5-6/h6-7,12,17-19H,1-5,8-11,13H2,(H,23,26,27);1-5H2. The largest absolute Gasteiger partial charge is 0.489 e. The molecule has 202 valence electrons. The molecular formula is C28H37F2N3O4. The quantitative estimate of drug-likeness (QED) is 0.598. The maximum atomic E-state index is 12.8. The Balaban J connectivity index is 0.000000301. The summed E-state index contributed by atoms with van der Waals surface area (Å²) in [6.07, 6.45) is 9.51. The molecule has 3 aliphatic heterocycles. The Labute approximate surface area is 216 Å². The number of imide groups is 1. The van der Waals surface area contributed by atoms with Gasteiger partial charge in [-0.2, -0.15) is 0 Å². The van der Waals surface area contributed by atoms with Crippen molar-refractivity contribution in [2.24, 2.45) is 0 Å². The molecule has 1 aromatic carbocycles. The van der Waals surface area contributed by atoms with Crippen LogP contribution in [0.3, 0.4) is 0 Å². The fraction of sp³-hybridized carbons (Fsp3) is 0.679. The van der Waals surface area contributed by atoms with Crippen LogP contribution in [0.4, 0.5) is 8.78 Å². The molecule has 1 N–H and O–H groups in total. The van der Waals surface area contributed by atoms with Crippen molar-refractivity contribution in [2.45, 2.75) is 108 Å². The highest BCUT2D eigenvalue weighted by atomic mass is 19.3. The Kier molecular flexibility index (Phi) is 7.79. The van der Waals surface area contributed by atoms with Crippen molar-refractivity contribution < 1.29 is 27.9 Å². The van der Waals surface area contributed by atoms with Gasteiger partial charge >= 0.3 is 0 Å². The number of piperidine rings is 1. The monoisotopic (exact) mass is 517 g/mol. The van der Waals surface area contributed by atoms with Crippen LogP contribution in [0.25, 0.3) is 0 Å². The second-order valence-electron chi connectivity index (χ2n) is 11.0. The Morgan fingerprint density at radius 2 is 1.68 bits per heavy atom. The third-order valence-corrected chi connectivity index (χ3v) is 8.39. The molecule has 0 aromatic heterocycles. The smallest absolute Gasteiger partial charge is 0.255 e. The van der Waals surface area contributed by atoms with E-state index in [2.05, 4.69) is 10.2 Å². The van der Waals surface area contributed by atoms with Crippen molar-refractivity contribution in [3.8, 4) is 5.75 Å². The number of alkyl halides is 2. The molecule has 6 rings (SSSR count). The molecule has 7 nitrogen and oxygen atoms in total. The summed E-state index contributed by atoms with van der Waals surface area (Å²) in [5, 5.41) is 2.34. The van der Waals surface area contributed by atoms with E-state index in [1.807, 2.05) is 18.2 Å². The van der Waals surface area contributed by atoms with Gasteiger partial charge in [-0.1, -0.05) is 12.8 Å². The number of amides is 3. The molecule has 9 heteroatoms. The maximum Gasteiger partial charge on any atom is 0.255 e. The Morgan fingerprint density at radius 1 is 0.919 bits per heavy atom. The van der Waals surface area contributed by atoms with E-state index in [1.54, 1.807) is 4.90 Å². The van der Waals surface area contributed by atoms with Gasteiger partial charge in [0.05, 0.1) is 0 Å². The molecule has 2 saturated carbocycles. The number of ether oxygens (including phenoxy) is 1. The fourth-order valence-electron chi connectivity index (χ4n) is 6.17. The molecular weight excluding hydrogens is 480 g/mol. The summed E-state index contributed by atoms with van der Waals surface area (Å²) in [5.74, 6) is -2.30. The number of benzene rings is 1. The summed E-state index contributed by atoms with van der Waals surface area (Å²) in [6, 6.07) is 5.58. The van der Waals surface area contributed by atoms with E-state index >= 15 is 0 Å². The van der Waals surface area contributed by atoms with E-state index in [4.69, 9.17) is 4.74 Å². The highest BCUT2D eigenvalue weighted by molar-refractivity contribution is 6.05. The first-order valence-electron chi connectivity index (χ1n) is 13.9. The van der Waals surface area contributed by atoms with Crippen molar-refractivity contribution in [1.82, 2.24) is 15.1 Å². The van der Waals surface area contributed by atoms with Crippen molar-refractivity contribution in [3.05, 3.63) is 29.3 Å². The average Bonchev–Trinajstić information content (AvgIpc) is 3.15. The first kappa shape index (κ1) is 26.1. The molecule has 3 unspecified atom stereocenters. The predicted molar refractivity (Wildman–Crippen MR) is 133 cm³/mol. The molecule has 0 spiro atoms. The summed E-state index contributed by atoms with van der Waals surface area (Å²) in [5.41, 5.74) is 1.53. The molecule has 0 radical (unpaired) electrons. The number of rotatable bonds is 4. The molecule has 37 heavy (non-hydrogen) atoms. The summed E-state index contributed by atoms with van der Waals surface area (Å²) in [6.45, 7) is 2.73. The van der Waals surface area contributed by atoms with E-state index in [0.717, 1.165) is 24.2 Å². The predicted octanol–water partition coefficient (Wildman–Crippen LogP) is 4.43. The number of hydrogen-bond acceptors (Lipinski definition) is 5. The summed E-state index contributed by atoms with van der Waals surface area (Å²) >= 11 is 0. The fourth-order valence-corrected chi connectivity index (χ4v) is 6.17. The van der Waals surface area contributed by atoms with E-state index < -0.39 is 12.0 Å². The summed E-state index contributed by atoms with van der Waals surface area (Å²) < 4.78 is 30.8. The van der Waals surface area contributed by atoms with Gasteiger partial charge in [0, 0.05) is 37.4 Å². The average molecular weight is 518 g/mol. The minimum Gasteiger partial charge on any atom is -0.489 e. The molecule has 3 atom stereocenters. The Morgan fingerprint density at radius 3 is 2.32 bits per heavy atom. The molecule has 5 aliphatic rings. The van der Waals surface area contributed by atoms with E-state index in [9.17, 15) is 23.2 Å². The van der Waals surface area contributed by atoms with E-state index in [0.29, 0.717) is 37.4 Å². The van der Waals surface area contributed by atoms with Gasteiger partial charge in [-0.05, 0) is 81.8 Å². The Hall–Kier alpha value is -2.55. The van der Waals surface area contributed by atoms with Gasteiger partial charge in [0.25, 0.3) is 5.91 Å². The second-order valence-corrected chi connectivity index (χ2v) is 11.0. The number of halogens is 2. The van der Waals surface area contributed by atoms with Crippen LogP contribution in [-0.4, -0.2) is 64.7 Å². The zero-order valence-corrected chi connectivity index (χ0v) is 21.4. The topological polar surface area (TPSA) is 79.0 Å². The maximum absolute atomic E-state index is 12.8. The van der Waals surface area contributed by atoms with Crippen molar-refractivity contribution in [2.75, 3.05) is 13.1 Å². The van der Waals surface area contributed by atoms with Gasteiger partial charge in [-0.15, -0.1) is 0 Å². The third kappa shape index (κ3) is 5.97. The second kappa shape index (κ2) is 11.1. The lowest BCUT2D eigenvalue weighted by atomic mass is 9.89. The highest BCUT2D eigenvalue weighted by Crippen LogP contribution is 2.34. The van der Waals surface area contributed by atoms with Crippen LogP contribution >= 0.6 is 0 Å². The molecule has 0 bridgehead atoms. The number of carbonyl (C=O) groups excluding carboxylic acids is 3. The first-order valence-corrected chi connectivity index (χ1v) is 13.9. The molecule has 4 fully saturated rings. The zero-order valence-electron chi connectivity index (χ0n) is 21.4. The third-order valence-electron chi connectivity index (χ3n) is 8.39. The van der Waals surface area contributed by atoms with E-state index in [-0.39, 0.29) is 43.1 Å². The number of nitrogens with zero attached hydrogens (tertiary/aromatic N) is 2. The van der Waals surface area contributed by atoms with Crippen LogP contribution in [0.15, 0.2) is 18.2 Å². The molecule has 1 aromatic rings. The minimum atomic E-state index is -2.32. The lowest BCUT2D eigenvalue weighted by Gasteiger charge is -2.44. The van der Waals surface area contributed by atoms with Crippen molar-refractivity contribution in [1.29, 1.82) is 0 Å². The van der Waals surface area contributed by atoms with Crippen LogP contribution in [-0.2, 0) is 16.1 Å². The normalized spacial score (nSPS) is 29.5. The van der Waals surface area contributed by atoms with Crippen LogP contribution in [0.2, 0.25) is 0 Å². The van der Waals surface area contributed by atoms with Gasteiger partial charge < -0.3 is 9.64 Å². The molecule has 3 heterocycles.